The highest BCUT2D eigenvalue weighted by Gasteiger charge is 2.06. The Kier molecular flexibility index (Phi) is 6.00. The van der Waals surface area contributed by atoms with Crippen LogP contribution in [0.5, 0.6) is 0 Å². The Labute approximate surface area is 106 Å². The summed E-state index contributed by atoms with van der Waals surface area (Å²) in [6.45, 7) is 3.20. The van der Waals surface area contributed by atoms with E-state index in [-0.39, 0.29) is 5.91 Å². The molecule has 1 rings (SSSR count). The highest BCUT2D eigenvalue weighted by Crippen LogP contribution is 2.08. The van der Waals surface area contributed by atoms with Crippen molar-refractivity contribution >= 4 is 17.7 Å². The van der Waals surface area contributed by atoms with Gasteiger partial charge in [-0.25, -0.2) is 0 Å². The van der Waals surface area contributed by atoms with Gasteiger partial charge in [-0.15, -0.1) is 0 Å². The molecule has 5 heteroatoms. The number of thioether (sulfide) groups is 1. The lowest BCUT2D eigenvalue weighted by atomic mass is 10.2. The van der Waals surface area contributed by atoms with E-state index in [1.165, 1.54) is 0 Å². The van der Waals surface area contributed by atoms with E-state index < -0.39 is 0 Å². The van der Waals surface area contributed by atoms with Gasteiger partial charge in [0.05, 0.1) is 5.69 Å². The summed E-state index contributed by atoms with van der Waals surface area (Å²) in [4.78, 5) is 15.8. The second kappa shape index (κ2) is 7.29. The molecule has 0 saturated heterocycles. The fourth-order valence-electron chi connectivity index (χ4n) is 1.34. The van der Waals surface area contributed by atoms with Gasteiger partial charge < -0.3 is 11.1 Å². The van der Waals surface area contributed by atoms with Crippen LogP contribution in [-0.4, -0.2) is 28.9 Å². The molecular weight excluding hydrogens is 234 g/mol. The molecule has 0 bridgehead atoms. The largest absolute Gasteiger partial charge is 0.352 e. The van der Waals surface area contributed by atoms with Crippen LogP contribution in [0.2, 0.25) is 0 Å². The summed E-state index contributed by atoms with van der Waals surface area (Å²) < 4.78 is 0. The van der Waals surface area contributed by atoms with Gasteiger partial charge in [0, 0.05) is 30.1 Å². The highest BCUT2D eigenvalue weighted by atomic mass is 32.2. The van der Waals surface area contributed by atoms with Gasteiger partial charge in [0.2, 0.25) is 0 Å². The third kappa shape index (κ3) is 4.75. The Morgan fingerprint density at radius 3 is 3.06 bits per heavy atom. The predicted molar refractivity (Wildman–Crippen MR) is 72.1 cm³/mol. The zero-order valence-corrected chi connectivity index (χ0v) is 11.1. The zero-order chi connectivity index (χ0) is 12.7. The maximum Gasteiger partial charge on any atom is 0.251 e. The number of hydrogen-bond acceptors (Lipinski definition) is 4. The number of hydrogen-bond donors (Lipinski definition) is 2. The van der Waals surface area contributed by atoms with E-state index in [0.29, 0.717) is 23.9 Å². The SMILES string of the molecule is CSC(C)CCNC(=O)c1ccnc(CN)c1. The van der Waals surface area contributed by atoms with Crippen molar-refractivity contribution in [1.29, 1.82) is 0 Å². The minimum absolute atomic E-state index is 0.0598. The van der Waals surface area contributed by atoms with Crippen LogP contribution >= 0.6 is 11.8 Å². The van der Waals surface area contributed by atoms with Crippen molar-refractivity contribution in [2.24, 2.45) is 5.73 Å². The number of nitrogens with two attached hydrogens (primary N) is 1. The molecule has 0 saturated carbocycles. The summed E-state index contributed by atoms with van der Waals surface area (Å²) in [5.41, 5.74) is 6.83. The standard InChI is InChI=1S/C12H19N3OS/c1-9(17-2)3-5-15-12(16)10-4-6-14-11(7-10)8-13/h4,6-7,9H,3,5,8,13H2,1-2H3,(H,15,16). The number of rotatable bonds is 6. The van der Waals surface area contributed by atoms with Crippen molar-refractivity contribution in [3.05, 3.63) is 29.6 Å². The van der Waals surface area contributed by atoms with Crippen LogP contribution in [0.25, 0.3) is 0 Å². The third-order valence-electron chi connectivity index (χ3n) is 2.53. The van der Waals surface area contributed by atoms with Gasteiger partial charge in [0.1, 0.15) is 0 Å². The zero-order valence-electron chi connectivity index (χ0n) is 10.3. The minimum Gasteiger partial charge on any atom is -0.352 e. The lowest BCUT2D eigenvalue weighted by Gasteiger charge is -2.09. The Balaban J connectivity index is 2.46. The van der Waals surface area contributed by atoms with Crippen LogP contribution in [0.4, 0.5) is 0 Å². The molecule has 0 aliphatic heterocycles. The lowest BCUT2D eigenvalue weighted by molar-refractivity contribution is 0.0953. The fraction of sp³-hybridized carbons (Fsp3) is 0.500. The number of carbonyl (C=O) groups is 1. The van der Waals surface area contributed by atoms with Crippen LogP contribution in [0.3, 0.4) is 0 Å². The van der Waals surface area contributed by atoms with Gasteiger partial charge in [0.15, 0.2) is 0 Å². The molecule has 0 radical (unpaired) electrons. The van der Waals surface area contributed by atoms with Crippen molar-refractivity contribution in [2.75, 3.05) is 12.8 Å². The molecule has 0 aromatic carbocycles. The Morgan fingerprint density at radius 2 is 2.41 bits per heavy atom. The van der Waals surface area contributed by atoms with Gasteiger partial charge in [-0.3, -0.25) is 9.78 Å². The van der Waals surface area contributed by atoms with E-state index in [1.54, 1.807) is 30.1 Å². The normalized spacial score (nSPS) is 12.2. The van der Waals surface area contributed by atoms with Crippen LogP contribution < -0.4 is 11.1 Å². The van der Waals surface area contributed by atoms with Gasteiger partial charge in [-0.2, -0.15) is 11.8 Å². The van der Waals surface area contributed by atoms with Crippen molar-refractivity contribution < 1.29 is 4.79 Å². The Morgan fingerprint density at radius 1 is 1.65 bits per heavy atom. The second-order valence-electron chi connectivity index (χ2n) is 3.83. The maximum atomic E-state index is 11.8. The summed E-state index contributed by atoms with van der Waals surface area (Å²) in [7, 11) is 0. The smallest absolute Gasteiger partial charge is 0.251 e. The summed E-state index contributed by atoms with van der Waals surface area (Å²) in [6.07, 6.45) is 4.66. The summed E-state index contributed by atoms with van der Waals surface area (Å²) in [5.74, 6) is -0.0598. The first-order chi connectivity index (χ1) is 8.17. The molecule has 4 nitrogen and oxygen atoms in total. The van der Waals surface area contributed by atoms with Crippen molar-refractivity contribution in [2.45, 2.75) is 25.1 Å². The lowest BCUT2D eigenvalue weighted by Crippen LogP contribution is -2.26. The van der Waals surface area contributed by atoms with E-state index >= 15 is 0 Å². The number of nitrogens with one attached hydrogen (secondary N) is 1. The average molecular weight is 253 g/mol. The number of nitrogens with zero attached hydrogens (tertiary/aromatic N) is 1. The monoisotopic (exact) mass is 253 g/mol. The van der Waals surface area contributed by atoms with Crippen LogP contribution in [0.15, 0.2) is 18.3 Å². The number of aromatic nitrogens is 1. The second-order valence-corrected chi connectivity index (χ2v) is 5.11. The van der Waals surface area contributed by atoms with Crippen LogP contribution in [-0.2, 0) is 6.54 Å². The molecule has 1 heterocycles. The topological polar surface area (TPSA) is 68.0 Å². The molecule has 0 fully saturated rings. The first-order valence-corrected chi connectivity index (χ1v) is 6.92. The average Bonchev–Trinajstić information content (AvgIpc) is 2.38. The number of pyridine rings is 1. The molecular formula is C12H19N3OS. The highest BCUT2D eigenvalue weighted by molar-refractivity contribution is 7.99. The van der Waals surface area contributed by atoms with Gasteiger partial charge in [-0.1, -0.05) is 6.92 Å². The molecule has 1 aromatic heterocycles. The molecule has 1 aromatic rings. The predicted octanol–water partition coefficient (Wildman–Crippen LogP) is 1.41. The first-order valence-electron chi connectivity index (χ1n) is 5.63. The van der Waals surface area contributed by atoms with Gasteiger partial charge >= 0.3 is 0 Å². The molecule has 3 N–H and O–H groups in total. The van der Waals surface area contributed by atoms with E-state index in [9.17, 15) is 4.79 Å². The Hall–Kier alpha value is -1.07. The maximum absolute atomic E-state index is 11.8. The molecule has 1 unspecified atom stereocenters. The molecule has 1 amide bonds. The molecule has 94 valence electrons. The third-order valence-corrected chi connectivity index (χ3v) is 3.57. The molecule has 0 spiro atoms. The van der Waals surface area contributed by atoms with E-state index in [1.807, 2.05) is 0 Å². The van der Waals surface area contributed by atoms with E-state index in [4.69, 9.17) is 5.73 Å². The van der Waals surface area contributed by atoms with E-state index in [0.717, 1.165) is 12.1 Å². The summed E-state index contributed by atoms with van der Waals surface area (Å²) in [6, 6.07) is 3.43. The summed E-state index contributed by atoms with van der Waals surface area (Å²) >= 11 is 1.80. The molecule has 0 aliphatic rings. The molecule has 17 heavy (non-hydrogen) atoms. The first kappa shape index (κ1) is 14.0. The van der Waals surface area contributed by atoms with E-state index in [2.05, 4.69) is 23.5 Å². The van der Waals surface area contributed by atoms with Gasteiger partial charge in [-0.05, 0) is 24.8 Å². The summed E-state index contributed by atoms with van der Waals surface area (Å²) in [5, 5.41) is 3.46. The Bertz CT molecular complexity index is 371. The quantitative estimate of drug-likeness (QED) is 0.804. The molecule has 0 aliphatic carbocycles. The van der Waals surface area contributed by atoms with Crippen molar-refractivity contribution in [3.8, 4) is 0 Å². The minimum atomic E-state index is -0.0598. The number of carbonyl (C=O) groups excluding carboxylic acids is 1. The van der Waals surface area contributed by atoms with Crippen LogP contribution in [0.1, 0.15) is 29.4 Å². The van der Waals surface area contributed by atoms with Crippen molar-refractivity contribution in [1.82, 2.24) is 10.3 Å². The number of amides is 1. The fourth-order valence-corrected chi connectivity index (χ4v) is 1.69. The van der Waals surface area contributed by atoms with Gasteiger partial charge in [0.25, 0.3) is 5.91 Å². The van der Waals surface area contributed by atoms with Crippen LogP contribution in [0, 0.1) is 0 Å². The molecule has 1 atom stereocenters. The van der Waals surface area contributed by atoms with Crippen molar-refractivity contribution in [3.63, 3.8) is 0 Å².